The third-order valence-corrected chi connectivity index (χ3v) is 1.22. The van der Waals surface area contributed by atoms with Gasteiger partial charge in [-0.15, -0.1) is 5.10 Å². The monoisotopic (exact) mass is 182 g/mol. The second-order valence-electron chi connectivity index (χ2n) is 2.20. The van der Waals surface area contributed by atoms with Crippen LogP contribution in [-0.4, -0.2) is 29.4 Å². The van der Waals surface area contributed by atoms with Crippen molar-refractivity contribution in [3.63, 3.8) is 0 Å². The normalized spacial score (nSPS) is 9.23. The lowest BCUT2D eigenvalue weighted by Crippen LogP contribution is -2.18. The lowest BCUT2D eigenvalue weighted by atomic mass is 10.5. The number of amides is 1. The molecule has 0 spiro atoms. The highest BCUT2D eigenvalue weighted by Crippen LogP contribution is 1.95. The van der Waals surface area contributed by atoms with Gasteiger partial charge >= 0.3 is 6.09 Å². The molecule has 13 heavy (non-hydrogen) atoms. The van der Waals surface area contributed by atoms with Crippen molar-refractivity contribution in [2.75, 3.05) is 18.5 Å². The van der Waals surface area contributed by atoms with Crippen LogP contribution in [0.2, 0.25) is 0 Å². The van der Waals surface area contributed by atoms with Gasteiger partial charge in [-0.3, -0.25) is 0 Å². The van der Waals surface area contributed by atoms with Gasteiger partial charge in [0.15, 0.2) is 0 Å². The number of carbonyl (C=O) groups is 1. The Bertz CT molecular complexity index is 264. The molecule has 0 saturated heterocycles. The molecule has 6 heteroatoms. The molecule has 3 N–H and O–H groups in total. The molecule has 0 aliphatic carbocycles. The first kappa shape index (κ1) is 9.24. The van der Waals surface area contributed by atoms with Gasteiger partial charge in [0.05, 0.1) is 6.54 Å². The topological polar surface area (TPSA) is 90.1 Å². The third-order valence-electron chi connectivity index (χ3n) is 1.22. The van der Waals surface area contributed by atoms with Crippen LogP contribution in [0.15, 0.2) is 18.3 Å². The molecule has 0 atom stereocenters. The minimum Gasteiger partial charge on any atom is -0.448 e. The molecular formula is C7H10N4O2. The summed E-state index contributed by atoms with van der Waals surface area (Å²) in [6.07, 6.45) is 0.798. The molecule has 1 rings (SSSR count). The van der Waals surface area contributed by atoms with Gasteiger partial charge in [0, 0.05) is 6.20 Å². The van der Waals surface area contributed by atoms with E-state index in [1.165, 1.54) is 0 Å². The maximum atomic E-state index is 10.2. The first-order valence-corrected chi connectivity index (χ1v) is 3.73. The molecule has 1 aromatic heterocycles. The quantitative estimate of drug-likeness (QED) is 0.639. The predicted octanol–water partition coefficient (Wildman–Crippen LogP) is -0.0162. The number of nitrogens with two attached hydrogens (primary N) is 1. The maximum absolute atomic E-state index is 10.2. The standard InChI is InChI=1S/C7H10N4O2/c8-7(12)13-5-4-9-6-2-1-3-10-11-6/h1-3H,4-5H2,(H2,8,12)(H,9,11). The second-order valence-corrected chi connectivity index (χ2v) is 2.20. The number of nitrogens with one attached hydrogen (secondary N) is 1. The van der Waals surface area contributed by atoms with Gasteiger partial charge in [-0.05, 0) is 12.1 Å². The van der Waals surface area contributed by atoms with Crippen LogP contribution in [0.4, 0.5) is 10.6 Å². The summed E-state index contributed by atoms with van der Waals surface area (Å²) in [4.78, 5) is 10.2. The van der Waals surface area contributed by atoms with E-state index >= 15 is 0 Å². The Morgan fingerprint density at radius 2 is 2.54 bits per heavy atom. The van der Waals surface area contributed by atoms with Crippen molar-refractivity contribution in [2.45, 2.75) is 0 Å². The van der Waals surface area contributed by atoms with Crippen LogP contribution in [0.1, 0.15) is 0 Å². The van der Waals surface area contributed by atoms with Crippen LogP contribution in [0.5, 0.6) is 0 Å². The minimum absolute atomic E-state index is 0.214. The zero-order valence-corrected chi connectivity index (χ0v) is 6.93. The maximum Gasteiger partial charge on any atom is 0.404 e. The van der Waals surface area contributed by atoms with E-state index in [1.807, 2.05) is 0 Å². The Morgan fingerprint density at radius 1 is 1.69 bits per heavy atom. The zero-order valence-electron chi connectivity index (χ0n) is 6.93. The molecule has 0 aliphatic rings. The van der Waals surface area contributed by atoms with E-state index in [0.29, 0.717) is 12.4 Å². The highest BCUT2D eigenvalue weighted by molar-refractivity contribution is 5.64. The Hall–Kier alpha value is -1.85. The van der Waals surface area contributed by atoms with Crippen molar-refractivity contribution in [2.24, 2.45) is 5.73 Å². The average molecular weight is 182 g/mol. The molecular weight excluding hydrogens is 172 g/mol. The van der Waals surface area contributed by atoms with E-state index < -0.39 is 6.09 Å². The molecule has 0 bridgehead atoms. The van der Waals surface area contributed by atoms with Gasteiger partial charge in [-0.25, -0.2) is 4.79 Å². The molecule has 1 amide bonds. The van der Waals surface area contributed by atoms with Gasteiger partial charge in [0.2, 0.25) is 0 Å². The van der Waals surface area contributed by atoms with Crippen molar-refractivity contribution in [1.29, 1.82) is 0 Å². The molecule has 0 aromatic carbocycles. The van der Waals surface area contributed by atoms with E-state index in [2.05, 4.69) is 20.3 Å². The largest absolute Gasteiger partial charge is 0.448 e. The number of aromatic nitrogens is 2. The zero-order chi connectivity index (χ0) is 9.52. The molecule has 6 nitrogen and oxygen atoms in total. The van der Waals surface area contributed by atoms with E-state index in [4.69, 9.17) is 5.73 Å². The van der Waals surface area contributed by atoms with Crippen LogP contribution in [-0.2, 0) is 4.74 Å². The number of anilines is 1. The van der Waals surface area contributed by atoms with Gasteiger partial charge in [-0.1, -0.05) is 0 Å². The van der Waals surface area contributed by atoms with Crippen LogP contribution >= 0.6 is 0 Å². The fourth-order valence-electron chi connectivity index (χ4n) is 0.727. The smallest absolute Gasteiger partial charge is 0.404 e. The summed E-state index contributed by atoms with van der Waals surface area (Å²) in [5.74, 6) is 0.635. The number of ether oxygens (including phenoxy) is 1. The van der Waals surface area contributed by atoms with Crippen molar-refractivity contribution in [3.8, 4) is 0 Å². The number of nitrogens with zero attached hydrogens (tertiary/aromatic N) is 2. The first-order valence-electron chi connectivity index (χ1n) is 3.73. The number of rotatable bonds is 4. The second kappa shape index (κ2) is 4.91. The summed E-state index contributed by atoms with van der Waals surface area (Å²) in [5, 5.41) is 10.3. The fourth-order valence-corrected chi connectivity index (χ4v) is 0.727. The molecule has 0 unspecified atom stereocenters. The van der Waals surface area contributed by atoms with Crippen molar-refractivity contribution in [3.05, 3.63) is 18.3 Å². The number of primary amides is 1. The van der Waals surface area contributed by atoms with Gasteiger partial charge in [0.1, 0.15) is 12.4 Å². The van der Waals surface area contributed by atoms with Crippen LogP contribution in [0.3, 0.4) is 0 Å². The fraction of sp³-hybridized carbons (Fsp3) is 0.286. The Balaban J connectivity index is 2.17. The van der Waals surface area contributed by atoms with Crippen LogP contribution in [0, 0.1) is 0 Å². The Labute approximate surface area is 75.1 Å². The average Bonchev–Trinajstić information content (AvgIpc) is 2.14. The predicted molar refractivity (Wildman–Crippen MR) is 46.1 cm³/mol. The molecule has 70 valence electrons. The van der Waals surface area contributed by atoms with E-state index in [1.54, 1.807) is 18.3 Å². The SMILES string of the molecule is NC(=O)OCCNc1cccnn1. The highest BCUT2D eigenvalue weighted by Gasteiger charge is 1.94. The van der Waals surface area contributed by atoms with E-state index in [0.717, 1.165) is 0 Å². The summed E-state index contributed by atoms with van der Waals surface area (Å²) < 4.78 is 4.49. The highest BCUT2D eigenvalue weighted by atomic mass is 16.5. The molecule has 1 heterocycles. The number of hydrogen-bond acceptors (Lipinski definition) is 5. The van der Waals surface area contributed by atoms with Crippen molar-refractivity contribution < 1.29 is 9.53 Å². The molecule has 0 radical (unpaired) electrons. The van der Waals surface area contributed by atoms with E-state index in [-0.39, 0.29) is 6.61 Å². The Kier molecular flexibility index (Phi) is 3.49. The number of carbonyl (C=O) groups excluding carboxylic acids is 1. The van der Waals surface area contributed by atoms with Crippen molar-refractivity contribution in [1.82, 2.24) is 10.2 Å². The molecule has 0 aliphatic heterocycles. The summed E-state index contributed by atoms with van der Waals surface area (Å²) in [6, 6.07) is 3.52. The number of hydrogen-bond donors (Lipinski definition) is 2. The van der Waals surface area contributed by atoms with Crippen LogP contribution < -0.4 is 11.1 Å². The lowest BCUT2D eigenvalue weighted by molar-refractivity contribution is 0.161. The summed E-state index contributed by atoms with van der Waals surface area (Å²) in [6.45, 7) is 0.674. The summed E-state index contributed by atoms with van der Waals surface area (Å²) in [7, 11) is 0. The first-order chi connectivity index (χ1) is 6.29. The van der Waals surface area contributed by atoms with E-state index in [9.17, 15) is 4.79 Å². The molecule has 1 aromatic rings. The van der Waals surface area contributed by atoms with Gasteiger partial charge in [-0.2, -0.15) is 5.10 Å². The van der Waals surface area contributed by atoms with Crippen molar-refractivity contribution >= 4 is 11.9 Å². The van der Waals surface area contributed by atoms with Crippen LogP contribution in [0.25, 0.3) is 0 Å². The van der Waals surface area contributed by atoms with Gasteiger partial charge in [0.25, 0.3) is 0 Å². The third kappa shape index (κ3) is 3.90. The lowest BCUT2D eigenvalue weighted by Gasteiger charge is -2.03. The van der Waals surface area contributed by atoms with Gasteiger partial charge < -0.3 is 15.8 Å². The summed E-state index contributed by atoms with van der Waals surface area (Å²) in [5.41, 5.74) is 4.76. The summed E-state index contributed by atoms with van der Waals surface area (Å²) >= 11 is 0. The molecule has 0 fully saturated rings. The minimum atomic E-state index is -0.777. The molecule has 0 saturated carbocycles. The Morgan fingerprint density at radius 3 is 3.15 bits per heavy atom.